The fraction of sp³-hybridized carbons (Fsp3) is 0.500. The molecule has 1 saturated heterocycles. The van der Waals surface area contributed by atoms with Gasteiger partial charge in [-0.05, 0) is 18.9 Å². The average Bonchev–Trinajstić information content (AvgIpc) is 2.94. The Morgan fingerprint density at radius 1 is 1.27 bits per heavy atom. The van der Waals surface area contributed by atoms with Gasteiger partial charge in [-0.15, -0.1) is 11.3 Å². The van der Waals surface area contributed by atoms with Crippen molar-refractivity contribution in [3.05, 3.63) is 37.9 Å². The second-order valence-corrected chi connectivity index (χ2v) is 8.79. The van der Waals surface area contributed by atoms with E-state index in [1.54, 1.807) is 12.3 Å². The van der Waals surface area contributed by atoms with Crippen LogP contribution >= 0.6 is 34.5 Å². The van der Waals surface area contributed by atoms with Crippen LogP contribution < -0.4 is 4.90 Å². The second-order valence-electron chi connectivity index (χ2n) is 6.86. The smallest absolute Gasteiger partial charge is 0.265 e. The largest absolute Gasteiger partial charge is 0.352 e. The summed E-state index contributed by atoms with van der Waals surface area (Å²) in [5.41, 5.74) is 0.834. The summed E-state index contributed by atoms with van der Waals surface area (Å²) < 4.78 is 0. The van der Waals surface area contributed by atoms with Gasteiger partial charge in [-0.1, -0.05) is 37.0 Å². The normalized spacial score (nSPS) is 15.0. The van der Waals surface area contributed by atoms with Gasteiger partial charge in [-0.25, -0.2) is 9.97 Å². The Balaban J connectivity index is 1.66. The van der Waals surface area contributed by atoms with Crippen LogP contribution in [-0.2, 0) is 6.42 Å². The molecule has 0 unspecified atom stereocenters. The number of hydrogen-bond acceptors (Lipinski definition) is 5. The predicted octanol–water partition coefficient (Wildman–Crippen LogP) is 4.31. The Bertz CT molecular complexity index is 800. The van der Waals surface area contributed by atoms with Crippen molar-refractivity contribution in [3.63, 3.8) is 0 Å². The van der Waals surface area contributed by atoms with Crippen molar-refractivity contribution in [1.82, 2.24) is 14.9 Å². The number of pyridine rings is 1. The lowest BCUT2D eigenvalue weighted by Gasteiger charge is -2.35. The van der Waals surface area contributed by atoms with Crippen LogP contribution in [-0.4, -0.2) is 47.0 Å². The molecule has 0 N–H and O–H groups in total. The van der Waals surface area contributed by atoms with Crippen LogP contribution in [0.15, 0.2) is 12.3 Å². The summed E-state index contributed by atoms with van der Waals surface area (Å²) in [7, 11) is 0. The van der Waals surface area contributed by atoms with Gasteiger partial charge in [0.25, 0.3) is 5.91 Å². The first-order valence-electron chi connectivity index (χ1n) is 8.66. The molecule has 3 rings (SSSR count). The van der Waals surface area contributed by atoms with Gasteiger partial charge in [0.1, 0.15) is 10.7 Å². The first-order valence-corrected chi connectivity index (χ1v) is 10.2. The van der Waals surface area contributed by atoms with Gasteiger partial charge < -0.3 is 9.80 Å². The number of carbonyl (C=O) groups is 1. The van der Waals surface area contributed by atoms with E-state index < -0.39 is 0 Å². The number of halogens is 2. The van der Waals surface area contributed by atoms with Gasteiger partial charge in [-0.3, -0.25) is 4.79 Å². The fourth-order valence-corrected chi connectivity index (χ4v) is 4.74. The highest BCUT2D eigenvalue weighted by Gasteiger charge is 2.26. The third kappa shape index (κ3) is 4.30. The summed E-state index contributed by atoms with van der Waals surface area (Å²) in [6.45, 7) is 8.89. The number of piperazine rings is 1. The molecule has 0 spiro atoms. The number of rotatable bonds is 4. The third-order valence-corrected chi connectivity index (χ3v) is 5.93. The molecule has 0 bridgehead atoms. The van der Waals surface area contributed by atoms with Crippen molar-refractivity contribution in [2.24, 2.45) is 5.92 Å². The summed E-state index contributed by atoms with van der Waals surface area (Å²) in [6.07, 6.45) is 2.50. The number of carbonyl (C=O) groups excluding carboxylic acids is 1. The van der Waals surface area contributed by atoms with Gasteiger partial charge in [0.2, 0.25) is 0 Å². The maximum absolute atomic E-state index is 12.9. The highest BCUT2D eigenvalue weighted by Crippen LogP contribution is 2.28. The van der Waals surface area contributed by atoms with Gasteiger partial charge in [0.15, 0.2) is 0 Å². The van der Waals surface area contributed by atoms with Crippen LogP contribution in [0, 0.1) is 12.8 Å². The molecule has 0 atom stereocenters. The first kappa shape index (κ1) is 19.4. The van der Waals surface area contributed by atoms with Crippen LogP contribution in [0.2, 0.25) is 10.0 Å². The second kappa shape index (κ2) is 8.11. The Morgan fingerprint density at radius 2 is 1.96 bits per heavy atom. The molecule has 3 heterocycles. The Morgan fingerprint density at radius 3 is 2.58 bits per heavy atom. The third-order valence-electron chi connectivity index (χ3n) is 4.27. The average molecular weight is 413 g/mol. The van der Waals surface area contributed by atoms with Crippen molar-refractivity contribution in [3.8, 4) is 0 Å². The van der Waals surface area contributed by atoms with Crippen molar-refractivity contribution < 1.29 is 4.79 Å². The Hall–Kier alpha value is -1.37. The number of nitrogens with zero attached hydrogens (tertiary/aromatic N) is 4. The number of hydrogen-bond donors (Lipinski definition) is 0. The summed E-state index contributed by atoms with van der Waals surface area (Å²) in [5.74, 6) is 1.32. The van der Waals surface area contributed by atoms with Crippen LogP contribution in [0.25, 0.3) is 0 Å². The standard InChI is InChI=1S/C18H22Cl2N4OS/c1-11(2)8-15-22-12(3)16(26-15)18(25)24-6-4-23(5-7-24)17-14(20)9-13(19)10-21-17/h9-11H,4-8H2,1-3H3. The summed E-state index contributed by atoms with van der Waals surface area (Å²) in [5, 5.41) is 2.09. The number of amides is 1. The van der Waals surface area contributed by atoms with E-state index in [0.717, 1.165) is 27.8 Å². The zero-order chi connectivity index (χ0) is 18.8. The minimum absolute atomic E-state index is 0.0739. The molecular formula is C18H22Cl2N4OS. The highest BCUT2D eigenvalue weighted by molar-refractivity contribution is 7.13. The molecule has 26 heavy (non-hydrogen) atoms. The Kier molecular flexibility index (Phi) is 6.05. The van der Waals surface area contributed by atoms with Crippen LogP contribution in [0.5, 0.6) is 0 Å². The SMILES string of the molecule is Cc1nc(CC(C)C)sc1C(=O)N1CCN(c2ncc(Cl)cc2Cl)CC1. The highest BCUT2D eigenvalue weighted by atomic mass is 35.5. The topological polar surface area (TPSA) is 49.3 Å². The summed E-state index contributed by atoms with van der Waals surface area (Å²) in [4.78, 5) is 26.5. The molecule has 8 heteroatoms. The molecule has 0 radical (unpaired) electrons. The quantitative estimate of drug-likeness (QED) is 0.750. The van der Waals surface area contributed by atoms with Crippen molar-refractivity contribution in [2.45, 2.75) is 27.2 Å². The molecule has 0 aliphatic carbocycles. The minimum Gasteiger partial charge on any atom is -0.352 e. The molecule has 1 aliphatic heterocycles. The summed E-state index contributed by atoms with van der Waals surface area (Å²) in [6, 6.07) is 1.69. The molecule has 5 nitrogen and oxygen atoms in total. The van der Waals surface area contributed by atoms with E-state index in [4.69, 9.17) is 23.2 Å². The lowest BCUT2D eigenvalue weighted by atomic mass is 10.1. The van der Waals surface area contributed by atoms with E-state index in [2.05, 4.69) is 28.7 Å². The van der Waals surface area contributed by atoms with E-state index >= 15 is 0 Å². The maximum atomic E-state index is 12.9. The first-order chi connectivity index (χ1) is 12.3. The van der Waals surface area contributed by atoms with E-state index in [9.17, 15) is 4.79 Å². The van der Waals surface area contributed by atoms with Crippen LogP contribution in [0.4, 0.5) is 5.82 Å². The van der Waals surface area contributed by atoms with Crippen molar-refractivity contribution >= 4 is 46.3 Å². The Labute approximate surface area is 167 Å². The molecule has 1 amide bonds. The monoisotopic (exact) mass is 412 g/mol. The minimum atomic E-state index is 0.0739. The number of aryl methyl sites for hydroxylation is 1. The predicted molar refractivity (Wildman–Crippen MR) is 108 cm³/mol. The molecule has 140 valence electrons. The van der Waals surface area contributed by atoms with Crippen LogP contribution in [0.3, 0.4) is 0 Å². The molecule has 0 saturated carbocycles. The zero-order valence-electron chi connectivity index (χ0n) is 15.1. The molecule has 0 aromatic carbocycles. The van der Waals surface area contributed by atoms with Gasteiger partial charge in [-0.2, -0.15) is 0 Å². The van der Waals surface area contributed by atoms with Gasteiger partial charge >= 0.3 is 0 Å². The fourth-order valence-electron chi connectivity index (χ4n) is 2.99. The van der Waals surface area contributed by atoms with Crippen LogP contribution in [0.1, 0.15) is 34.2 Å². The van der Waals surface area contributed by atoms with Gasteiger partial charge in [0.05, 0.1) is 20.7 Å². The molecule has 1 fully saturated rings. The van der Waals surface area contributed by atoms with E-state index in [0.29, 0.717) is 42.1 Å². The van der Waals surface area contributed by atoms with E-state index in [1.165, 1.54) is 11.3 Å². The lowest BCUT2D eigenvalue weighted by molar-refractivity contribution is 0.0750. The van der Waals surface area contributed by atoms with Gasteiger partial charge in [0, 0.05) is 38.8 Å². The van der Waals surface area contributed by atoms with Crippen molar-refractivity contribution in [2.75, 3.05) is 31.1 Å². The molecule has 2 aromatic heterocycles. The van der Waals surface area contributed by atoms with Crippen molar-refractivity contribution in [1.29, 1.82) is 0 Å². The van der Waals surface area contributed by atoms with E-state index in [-0.39, 0.29) is 5.91 Å². The number of anilines is 1. The molecule has 2 aromatic rings. The molecular weight excluding hydrogens is 391 g/mol. The number of aromatic nitrogens is 2. The number of thiazole rings is 1. The summed E-state index contributed by atoms with van der Waals surface area (Å²) >= 11 is 13.7. The zero-order valence-corrected chi connectivity index (χ0v) is 17.5. The lowest BCUT2D eigenvalue weighted by Crippen LogP contribution is -2.49. The maximum Gasteiger partial charge on any atom is 0.265 e. The van der Waals surface area contributed by atoms with E-state index in [1.807, 2.05) is 11.8 Å². The molecule has 1 aliphatic rings.